The number of rotatable bonds is 5. The normalized spacial score (nSPS) is 12.2. The van der Waals surface area contributed by atoms with E-state index in [0.29, 0.717) is 23.2 Å². The third-order valence-corrected chi connectivity index (χ3v) is 2.84. The molecule has 2 N–H and O–H groups in total. The summed E-state index contributed by atoms with van der Waals surface area (Å²) in [6.07, 6.45) is 0.744. The highest BCUT2D eigenvalue weighted by atomic mass is 16.5. The van der Waals surface area contributed by atoms with E-state index in [1.54, 1.807) is 26.4 Å². The quantitative estimate of drug-likeness (QED) is 0.890. The Bertz CT molecular complexity index is 554. The third-order valence-electron chi connectivity index (χ3n) is 2.84. The zero-order chi connectivity index (χ0) is 13.8. The lowest BCUT2D eigenvalue weighted by Crippen LogP contribution is -2.08. The first-order valence-corrected chi connectivity index (χ1v) is 6.01. The summed E-state index contributed by atoms with van der Waals surface area (Å²) >= 11 is 0. The summed E-state index contributed by atoms with van der Waals surface area (Å²) in [7, 11) is 3.17. The van der Waals surface area contributed by atoms with Gasteiger partial charge in [-0.2, -0.15) is 4.98 Å². The molecule has 102 valence electrons. The van der Waals surface area contributed by atoms with Crippen LogP contribution in [0.4, 0.5) is 0 Å². The van der Waals surface area contributed by atoms with Crippen LogP contribution in [0.15, 0.2) is 22.7 Å². The average Bonchev–Trinajstić information content (AvgIpc) is 2.95. The number of ether oxygens (including phenoxy) is 2. The van der Waals surface area contributed by atoms with Crippen LogP contribution in [0.2, 0.25) is 0 Å². The number of benzene rings is 1. The summed E-state index contributed by atoms with van der Waals surface area (Å²) in [4.78, 5) is 4.28. The van der Waals surface area contributed by atoms with Crippen molar-refractivity contribution in [3.05, 3.63) is 24.1 Å². The minimum Gasteiger partial charge on any atom is -0.493 e. The van der Waals surface area contributed by atoms with Gasteiger partial charge in [0.2, 0.25) is 11.7 Å². The van der Waals surface area contributed by atoms with E-state index in [1.165, 1.54) is 0 Å². The molecular formula is C13H17N3O3. The summed E-state index contributed by atoms with van der Waals surface area (Å²) in [5.41, 5.74) is 6.63. The molecule has 6 heteroatoms. The monoisotopic (exact) mass is 263 g/mol. The van der Waals surface area contributed by atoms with Gasteiger partial charge in [-0.25, -0.2) is 0 Å². The molecule has 0 aliphatic heterocycles. The molecule has 0 radical (unpaired) electrons. The van der Waals surface area contributed by atoms with Crippen molar-refractivity contribution >= 4 is 0 Å². The van der Waals surface area contributed by atoms with Gasteiger partial charge in [0.1, 0.15) is 0 Å². The Balaban J connectivity index is 2.34. The highest BCUT2D eigenvalue weighted by Gasteiger charge is 2.15. The lowest BCUT2D eigenvalue weighted by atomic mass is 10.2. The van der Waals surface area contributed by atoms with Gasteiger partial charge in [0, 0.05) is 5.56 Å². The van der Waals surface area contributed by atoms with E-state index < -0.39 is 0 Å². The predicted molar refractivity (Wildman–Crippen MR) is 70.1 cm³/mol. The van der Waals surface area contributed by atoms with Crippen LogP contribution in [0.5, 0.6) is 11.5 Å². The van der Waals surface area contributed by atoms with Gasteiger partial charge in [0.25, 0.3) is 0 Å². The standard InChI is InChI=1S/C13H17N3O3/c1-4-9(14)13-15-12(16-19-13)8-5-6-10(17-2)11(7-8)18-3/h5-7,9H,4,14H2,1-3H3/t9-/m0/s1. The fourth-order valence-corrected chi connectivity index (χ4v) is 1.65. The first kappa shape index (κ1) is 13.4. The number of nitrogens with zero attached hydrogens (tertiary/aromatic N) is 2. The molecule has 1 aromatic heterocycles. The topological polar surface area (TPSA) is 83.4 Å². The molecule has 1 heterocycles. The Morgan fingerprint density at radius 1 is 1.26 bits per heavy atom. The molecule has 2 aromatic rings. The van der Waals surface area contributed by atoms with Crippen LogP contribution in [-0.2, 0) is 0 Å². The molecule has 0 fully saturated rings. The molecule has 1 atom stereocenters. The molecule has 6 nitrogen and oxygen atoms in total. The van der Waals surface area contributed by atoms with E-state index in [4.69, 9.17) is 19.7 Å². The number of methoxy groups -OCH3 is 2. The molecule has 1 aromatic carbocycles. The zero-order valence-electron chi connectivity index (χ0n) is 11.2. The Morgan fingerprint density at radius 2 is 2.00 bits per heavy atom. The van der Waals surface area contributed by atoms with Crippen molar-refractivity contribution in [2.45, 2.75) is 19.4 Å². The van der Waals surface area contributed by atoms with Crippen LogP contribution in [0.25, 0.3) is 11.4 Å². The molecule has 0 aliphatic carbocycles. The van der Waals surface area contributed by atoms with Gasteiger partial charge in [0.05, 0.1) is 20.3 Å². The van der Waals surface area contributed by atoms with Gasteiger partial charge >= 0.3 is 0 Å². The molecule has 0 aliphatic rings. The first-order chi connectivity index (χ1) is 9.19. The van der Waals surface area contributed by atoms with Crippen molar-refractivity contribution in [2.24, 2.45) is 5.73 Å². The van der Waals surface area contributed by atoms with Gasteiger partial charge in [-0.15, -0.1) is 0 Å². The molecule has 0 unspecified atom stereocenters. The van der Waals surface area contributed by atoms with Crippen LogP contribution >= 0.6 is 0 Å². The van der Waals surface area contributed by atoms with Crippen LogP contribution in [0, 0.1) is 0 Å². The summed E-state index contributed by atoms with van der Waals surface area (Å²) in [6.45, 7) is 1.96. The Labute approximate surface area is 111 Å². The largest absolute Gasteiger partial charge is 0.493 e. The maximum atomic E-state index is 5.85. The van der Waals surface area contributed by atoms with Crippen molar-refractivity contribution in [1.82, 2.24) is 10.1 Å². The Hall–Kier alpha value is -2.08. The fraction of sp³-hybridized carbons (Fsp3) is 0.385. The van der Waals surface area contributed by atoms with Crippen molar-refractivity contribution < 1.29 is 14.0 Å². The van der Waals surface area contributed by atoms with Crippen molar-refractivity contribution in [1.29, 1.82) is 0 Å². The minimum absolute atomic E-state index is 0.235. The van der Waals surface area contributed by atoms with Crippen LogP contribution < -0.4 is 15.2 Å². The third kappa shape index (κ3) is 2.68. The van der Waals surface area contributed by atoms with Gasteiger partial charge in [0.15, 0.2) is 11.5 Å². The Kier molecular flexibility index (Phi) is 4.01. The maximum Gasteiger partial charge on any atom is 0.243 e. The van der Waals surface area contributed by atoms with E-state index >= 15 is 0 Å². The molecule has 0 saturated carbocycles. The highest BCUT2D eigenvalue weighted by Crippen LogP contribution is 2.31. The van der Waals surface area contributed by atoms with Crippen molar-refractivity contribution in [2.75, 3.05) is 14.2 Å². The van der Waals surface area contributed by atoms with Gasteiger partial charge in [-0.3, -0.25) is 0 Å². The smallest absolute Gasteiger partial charge is 0.243 e. The number of hydrogen-bond donors (Lipinski definition) is 1. The van der Waals surface area contributed by atoms with Gasteiger partial charge < -0.3 is 19.7 Å². The molecule has 0 bridgehead atoms. The van der Waals surface area contributed by atoms with Crippen LogP contribution in [-0.4, -0.2) is 24.4 Å². The first-order valence-electron chi connectivity index (χ1n) is 6.01. The predicted octanol–water partition coefficient (Wildman–Crippen LogP) is 2.16. The summed E-state index contributed by atoms with van der Waals surface area (Å²) in [6, 6.07) is 5.20. The molecular weight excluding hydrogens is 246 g/mol. The molecule has 0 saturated heterocycles. The number of hydrogen-bond acceptors (Lipinski definition) is 6. The van der Waals surface area contributed by atoms with E-state index in [0.717, 1.165) is 12.0 Å². The van der Waals surface area contributed by atoms with Gasteiger partial charge in [-0.1, -0.05) is 12.1 Å². The SMILES string of the molecule is CC[C@H](N)c1nc(-c2ccc(OC)c(OC)c2)no1. The molecule has 2 rings (SSSR count). The average molecular weight is 263 g/mol. The fourth-order valence-electron chi connectivity index (χ4n) is 1.65. The second-order valence-electron chi connectivity index (χ2n) is 4.04. The lowest BCUT2D eigenvalue weighted by molar-refractivity contribution is 0.351. The summed E-state index contributed by atoms with van der Waals surface area (Å²) in [5, 5.41) is 3.92. The second kappa shape index (κ2) is 5.71. The van der Waals surface area contributed by atoms with E-state index in [1.807, 2.05) is 13.0 Å². The minimum atomic E-state index is -0.235. The highest BCUT2D eigenvalue weighted by molar-refractivity contribution is 5.60. The number of aromatic nitrogens is 2. The lowest BCUT2D eigenvalue weighted by Gasteiger charge is -2.07. The van der Waals surface area contributed by atoms with Crippen molar-refractivity contribution in [3.8, 4) is 22.9 Å². The molecule has 0 amide bonds. The maximum absolute atomic E-state index is 5.85. The molecule has 0 spiro atoms. The van der Waals surface area contributed by atoms with E-state index in [-0.39, 0.29) is 6.04 Å². The number of nitrogens with two attached hydrogens (primary N) is 1. The summed E-state index contributed by atoms with van der Waals surface area (Å²) in [5.74, 6) is 2.19. The second-order valence-corrected chi connectivity index (χ2v) is 4.04. The van der Waals surface area contributed by atoms with Crippen LogP contribution in [0.3, 0.4) is 0 Å². The summed E-state index contributed by atoms with van der Waals surface area (Å²) < 4.78 is 15.6. The Morgan fingerprint density at radius 3 is 2.63 bits per heavy atom. The zero-order valence-corrected chi connectivity index (χ0v) is 11.2. The van der Waals surface area contributed by atoms with E-state index in [2.05, 4.69) is 10.1 Å². The van der Waals surface area contributed by atoms with Crippen LogP contribution in [0.1, 0.15) is 25.3 Å². The molecule has 19 heavy (non-hydrogen) atoms. The van der Waals surface area contributed by atoms with Gasteiger partial charge in [-0.05, 0) is 24.6 Å². The van der Waals surface area contributed by atoms with E-state index in [9.17, 15) is 0 Å². The van der Waals surface area contributed by atoms with Crippen molar-refractivity contribution in [3.63, 3.8) is 0 Å².